The maximum Gasteiger partial charge on any atom is 0.259 e. The predicted octanol–water partition coefficient (Wildman–Crippen LogP) is 0.825. The average Bonchev–Trinajstić information content (AvgIpc) is 2.52. The van der Waals surface area contributed by atoms with Gasteiger partial charge in [0, 0.05) is 44.6 Å². The Morgan fingerprint density at radius 2 is 2.14 bits per heavy atom. The molecule has 1 aliphatic heterocycles. The van der Waals surface area contributed by atoms with E-state index >= 15 is 0 Å². The molecule has 0 aromatic carbocycles. The number of rotatable bonds is 4. The van der Waals surface area contributed by atoms with E-state index in [1.807, 2.05) is 0 Å². The van der Waals surface area contributed by atoms with E-state index in [0.29, 0.717) is 26.2 Å². The largest absolute Gasteiger partial charge is 0.367 e. The highest BCUT2D eigenvalue weighted by Crippen LogP contribution is 2.12. The lowest BCUT2D eigenvalue weighted by molar-refractivity contribution is 0.0599. The molecule has 1 aromatic heterocycles. The van der Waals surface area contributed by atoms with Gasteiger partial charge in [-0.2, -0.15) is 5.26 Å². The summed E-state index contributed by atoms with van der Waals surface area (Å²) < 4.78 is 0. The van der Waals surface area contributed by atoms with Gasteiger partial charge in [0.2, 0.25) is 0 Å². The van der Waals surface area contributed by atoms with Crippen LogP contribution in [0, 0.1) is 11.3 Å². The second-order valence-corrected chi connectivity index (χ2v) is 5.18. The second kappa shape index (κ2) is 7.04. The van der Waals surface area contributed by atoms with Crippen LogP contribution < -0.4 is 5.43 Å². The van der Waals surface area contributed by atoms with Crippen LogP contribution in [0.5, 0.6) is 0 Å². The van der Waals surface area contributed by atoms with Gasteiger partial charge in [-0.05, 0) is 6.42 Å². The zero-order chi connectivity index (χ0) is 15.2. The van der Waals surface area contributed by atoms with Crippen molar-refractivity contribution in [2.45, 2.75) is 25.8 Å². The summed E-state index contributed by atoms with van der Waals surface area (Å²) >= 11 is 0. The summed E-state index contributed by atoms with van der Waals surface area (Å²) in [7, 11) is 0. The number of piperazine rings is 1. The van der Waals surface area contributed by atoms with Gasteiger partial charge in [-0.25, -0.2) is 0 Å². The van der Waals surface area contributed by atoms with Crippen molar-refractivity contribution < 1.29 is 4.79 Å². The highest BCUT2D eigenvalue weighted by molar-refractivity contribution is 5.93. The fourth-order valence-corrected chi connectivity index (χ4v) is 2.59. The standard InChI is InChI=1S/C15H20N4O2/c1-2-3-12(10-16)18-6-8-19(9-7-18)15(21)13-11-17-5-4-14(13)20/h4-5,11-12H,2-3,6-9H2,1H3,(H,17,20). The van der Waals surface area contributed by atoms with Crippen LogP contribution in [0.2, 0.25) is 0 Å². The molecular formula is C15H20N4O2. The van der Waals surface area contributed by atoms with Crippen LogP contribution in [-0.2, 0) is 0 Å². The van der Waals surface area contributed by atoms with Crippen LogP contribution >= 0.6 is 0 Å². The molecule has 1 aromatic rings. The first-order valence-corrected chi connectivity index (χ1v) is 7.27. The van der Waals surface area contributed by atoms with E-state index in [1.165, 1.54) is 18.5 Å². The van der Waals surface area contributed by atoms with Crippen molar-refractivity contribution in [3.63, 3.8) is 0 Å². The first kappa shape index (κ1) is 15.3. The number of carbonyl (C=O) groups excluding carboxylic acids is 1. The number of amides is 1. The number of nitrogens with one attached hydrogen (secondary N) is 1. The van der Waals surface area contributed by atoms with Gasteiger partial charge in [-0.15, -0.1) is 0 Å². The van der Waals surface area contributed by atoms with Gasteiger partial charge < -0.3 is 9.88 Å². The van der Waals surface area contributed by atoms with E-state index in [0.717, 1.165) is 12.8 Å². The Kier molecular flexibility index (Phi) is 5.12. The normalized spacial score (nSPS) is 17.2. The highest BCUT2D eigenvalue weighted by atomic mass is 16.2. The molecule has 2 heterocycles. The van der Waals surface area contributed by atoms with Crippen molar-refractivity contribution >= 4 is 5.91 Å². The summed E-state index contributed by atoms with van der Waals surface area (Å²) in [6, 6.07) is 3.61. The third-order valence-electron chi connectivity index (χ3n) is 3.81. The SMILES string of the molecule is CCCC(C#N)N1CCN(C(=O)c2c[nH]ccc2=O)CC1. The number of aromatic nitrogens is 1. The van der Waals surface area contributed by atoms with Crippen molar-refractivity contribution in [2.24, 2.45) is 0 Å². The minimum atomic E-state index is -0.262. The number of H-pyrrole nitrogens is 1. The molecule has 1 amide bonds. The topological polar surface area (TPSA) is 80.2 Å². The lowest BCUT2D eigenvalue weighted by Gasteiger charge is -2.36. The minimum Gasteiger partial charge on any atom is -0.367 e. The van der Waals surface area contributed by atoms with Crippen LogP contribution in [0.15, 0.2) is 23.3 Å². The molecule has 1 aliphatic rings. The van der Waals surface area contributed by atoms with Crippen LogP contribution in [0.4, 0.5) is 0 Å². The summed E-state index contributed by atoms with van der Waals surface area (Å²) in [5, 5.41) is 9.18. The molecule has 6 nitrogen and oxygen atoms in total. The molecule has 1 atom stereocenters. The highest BCUT2D eigenvalue weighted by Gasteiger charge is 2.26. The maximum absolute atomic E-state index is 12.3. The van der Waals surface area contributed by atoms with E-state index in [9.17, 15) is 14.9 Å². The number of nitriles is 1. The third kappa shape index (κ3) is 3.50. The van der Waals surface area contributed by atoms with E-state index in [4.69, 9.17) is 0 Å². The molecule has 6 heteroatoms. The Labute approximate surface area is 124 Å². The van der Waals surface area contributed by atoms with Crippen molar-refractivity contribution in [1.29, 1.82) is 5.26 Å². The lowest BCUT2D eigenvalue weighted by atomic mass is 10.1. The average molecular weight is 288 g/mol. The van der Waals surface area contributed by atoms with Crippen molar-refractivity contribution in [3.8, 4) is 6.07 Å². The maximum atomic E-state index is 12.3. The fraction of sp³-hybridized carbons (Fsp3) is 0.533. The minimum absolute atomic E-state index is 0.0765. The summed E-state index contributed by atoms with van der Waals surface area (Å²) in [5.41, 5.74) is -0.0848. The fourth-order valence-electron chi connectivity index (χ4n) is 2.59. The molecular weight excluding hydrogens is 268 g/mol. The van der Waals surface area contributed by atoms with Crippen molar-refractivity contribution in [1.82, 2.24) is 14.8 Å². The van der Waals surface area contributed by atoms with E-state index < -0.39 is 0 Å². The molecule has 0 spiro atoms. The Morgan fingerprint density at radius 1 is 1.43 bits per heavy atom. The van der Waals surface area contributed by atoms with Gasteiger partial charge >= 0.3 is 0 Å². The smallest absolute Gasteiger partial charge is 0.259 e. The van der Waals surface area contributed by atoms with Gasteiger partial charge in [0.1, 0.15) is 5.56 Å². The molecule has 1 N–H and O–H groups in total. The van der Waals surface area contributed by atoms with Gasteiger partial charge in [-0.3, -0.25) is 14.5 Å². The Balaban J connectivity index is 1.98. The quantitative estimate of drug-likeness (QED) is 0.889. The van der Waals surface area contributed by atoms with Crippen LogP contribution in [-0.4, -0.2) is 52.9 Å². The van der Waals surface area contributed by atoms with Crippen LogP contribution in [0.25, 0.3) is 0 Å². The zero-order valence-electron chi connectivity index (χ0n) is 12.2. The molecule has 1 unspecified atom stereocenters. The van der Waals surface area contributed by atoms with Crippen molar-refractivity contribution in [2.75, 3.05) is 26.2 Å². The molecule has 0 bridgehead atoms. The number of hydrogen-bond acceptors (Lipinski definition) is 4. The first-order valence-electron chi connectivity index (χ1n) is 7.27. The summed E-state index contributed by atoms with van der Waals surface area (Å²) in [6.45, 7) is 4.51. The number of aromatic amines is 1. The van der Waals surface area contributed by atoms with E-state index in [-0.39, 0.29) is 22.9 Å². The number of pyridine rings is 1. The Hall–Kier alpha value is -2.13. The molecule has 0 radical (unpaired) electrons. The number of carbonyl (C=O) groups is 1. The summed E-state index contributed by atoms with van der Waals surface area (Å²) in [6.07, 6.45) is 4.78. The van der Waals surface area contributed by atoms with Gasteiger partial charge in [0.05, 0.1) is 12.1 Å². The molecule has 0 aliphatic carbocycles. The molecule has 1 saturated heterocycles. The van der Waals surface area contributed by atoms with Gasteiger partial charge in [-0.1, -0.05) is 13.3 Å². The molecule has 2 rings (SSSR count). The summed E-state index contributed by atoms with van der Waals surface area (Å²) in [4.78, 5) is 30.6. The lowest BCUT2D eigenvalue weighted by Crippen LogP contribution is -2.52. The van der Waals surface area contributed by atoms with E-state index in [2.05, 4.69) is 22.9 Å². The van der Waals surface area contributed by atoms with Crippen molar-refractivity contribution in [3.05, 3.63) is 34.2 Å². The molecule has 1 fully saturated rings. The third-order valence-corrected chi connectivity index (χ3v) is 3.81. The van der Waals surface area contributed by atoms with Crippen LogP contribution in [0.3, 0.4) is 0 Å². The summed E-state index contributed by atoms with van der Waals surface area (Å²) in [5.74, 6) is -0.236. The molecule has 21 heavy (non-hydrogen) atoms. The van der Waals surface area contributed by atoms with Gasteiger partial charge in [0.25, 0.3) is 5.91 Å². The number of nitrogens with zero attached hydrogens (tertiary/aromatic N) is 3. The number of hydrogen-bond donors (Lipinski definition) is 1. The second-order valence-electron chi connectivity index (χ2n) is 5.18. The zero-order valence-corrected chi connectivity index (χ0v) is 12.2. The molecule has 112 valence electrons. The Bertz CT molecular complexity index is 582. The van der Waals surface area contributed by atoms with E-state index in [1.54, 1.807) is 4.90 Å². The van der Waals surface area contributed by atoms with Gasteiger partial charge in [0.15, 0.2) is 5.43 Å². The predicted molar refractivity (Wildman–Crippen MR) is 78.8 cm³/mol. The monoisotopic (exact) mass is 288 g/mol. The first-order chi connectivity index (χ1) is 10.2. The molecule has 0 saturated carbocycles. The Morgan fingerprint density at radius 3 is 2.71 bits per heavy atom. The van der Waals surface area contributed by atoms with Crippen LogP contribution in [0.1, 0.15) is 30.1 Å².